The van der Waals surface area contributed by atoms with Crippen LogP contribution in [0.3, 0.4) is 0 Å². The molecule has 9 heteroatoms. The van der Waals surface area contributed by atoms with Crippen LogP contribution in [0.5, 0.6) is 11.5 Å². The van der Waals surface area contributed by atoms with Crippen LogP contribution >= 0.6 is 0 Å². The van der Waals surface area contributed by atoms with Gasteiger partial charge in [-0.3, -0.25) is 14.9 Å². The monoisotopic (exact) mass is 393 g/mol. The smallest absolute Gasteiger partial charge is 0.252 e. The summed E-state index contributed by atoms with van der Waals surface area (Å²) in [7, 11) is 3.12. The van der Waals surface area contributed by atoms with E-state index in [2.05, 4.69) is 20.7 Å². The van der Waals surface area contributed by atoms with Crippen molar-refractivity contribution in [2.24, 2.45) is 0 Å². The number of carbonyl (C=O) groups excluding carboxylic acids is 2. The standard InChI is InChI=1S/C20H19N5O4/c1-28-13-9-7-12(8-10-13)18-22-20-23-19(27)15(25(20)24-18)11-17(26)21-14-5-3-4-6-16(14)29-2/h3-10,15H,11H2,1-2H3,(H,21,26)(H,22,23,24,27)/t15-/m0/s1. The van der Waals surface area contributed by atoms with Crippen molar-refractivity contribution in [3.05, 3.63) is 48.5 Å². The second-order valence-corrected chi connectivity index (χ2v) is 6.39. The summed E-state index contributed by atoms with van der Waals surface area (Å²) in [4.78, 5) is 29.2. The molecule has 2 N–H and O–H groups in total. The summed E-state index contributed by atoms with van der Waals surface area (Å²) in [5.74, 6) is 1.38. The number of nitrogens with zero attached hydrogens (tertiary/aromatic N) is 3. The van der Waals surface area contributed by atoms with Crippen LogP contribution < -0.4 is 20.1 Å². The molecule has 3 aromatic rings. The first-order valence-electron chi connectivity index (χ1n) is 8.93. The van der Waals surface area contributed by atoms with Crippen LogP contribution in [-0.2, 0) is 9.59 Å². The molecule has 4 rings (SSSR count). The van der Waals surface area contributed by atoms with Crippen molar-refractivity contribution < 1.29 is 19.1 Å². The Kier molecular flexibility index (Phi) is 4.86. The van der Waals surface area contributed by atoms with E-state index in [1.807, 2.05) is 12.1 Å². The van der Waals surface area contributed by atoms with E-state index in [0.29, 0.717) is 23.2 Å². The third kappa shape index (κ3) is 3.62. The fourth-order valence-corrected chi connectivity index (χ4v) is 3.10. The Balaban J connectivity index is 1.52. The number of methoxy groups -OCH3 is 2. The highest BCUT2D eigenvalue weighted by Crippen LogP contribution is 2.30. The van der Waals surface area contributed by atoms with E-state index in [1.165, 1.54) is 11.8 Å². The summed E-state index contributed by atoms with van der Waals surface area (Å²) in [6.07, 6.45) is -0.0811. The van der Waals surface area contributed by atoms with Gasteiger partial charge in [0, 0.05) is 5.56 Å². The zero-order valence-electron chi connectivity index (χ0n) is 15.9. The molecule has 2 aromatic carbocycles. The molecule has 9 nitrogen and oxygen atoms in total. The van der Waals surface area contributed by atoms with Gasteiger partial charge < -0.3 is 14.8 Å². The number of nitrogens with one attached hydrogen (secondary N) is 2. The maximum Gasteiger partial charge on any atom is 0.252 e. The van der Waals surface area contributed by atoms with Gasteiger partial charge in [-0.25, -0.2) is 4.68 Å². The van der Waals surface area contributed by atoms with Gasteiger partial charge in [0.05, 0.1) is 26.3 Å². The molecule has 29 heavy (non-hydrogen) atoms. The Morgan fingerprint density at radius 2 is 1.90 bits per heavy atom. The summed E-state index contributed by atoms with van der Waals surface area (Å²) in [5.41, 5.74) is 1.32. The molecule has 0 bridgehead atoms. The summed E-state index contributed by atoms with van der Waals surface area (Å²) in [6.45, 7) is 0. The lowest BCUT2D eigenvalue weighted by molar-refractivity contribution is -0.123. The summed E-state index contributed by atoms with van der Waals surface area (Å²) in [6, 6.07) is 13.6. The van der Waals surface area contributed by atoms with Gasteiger partial charge in [-0.1, -0.05) is 12.1 Å². The fourth-order valence-electron chi connectivity index (χ4n) is 3.10. The lowest BCUT2D eigenvalue weighted by Gasteiger charge is -2.12. The van der Waals surface area contributed by atoms with E-state index in [-0.39, 0.29) is 18.2 Å². The van der Waals surface area contributed by atoms with Gasteiger partial charge in [-0.2, -0.15) is 4.98 Å². The topological polar surface area (TPSA) is 107 Å². The van der Waals surface area contributed by atoms with Gasteiger partial charge in [-0.05, 0) is 36.4 Å². The van der Waals surface area contributed by atoms with Crippen molar-refractivity contribution in [2.75, 3.05) is 24.9 Å². The van der Waals surface area contributed by atoms with E-state index >= 15 is 0 Å². The Morgan fingerprint density at radius 1 is 1.14 bits per heavy atom. The number of benzene rings is 2. The van der Waals surface area contributed by atoms with E-state index in [1.54, 1.807) is 43.5 Å². The predicted octanol–water partition coefficient (Wildman–Crippen LogP) is 2.48. The maximum atomic E-state index is 12.5. The first-order chi connectivity index (χ1) is 14.1. The quantitative estimate of drug-likeness (QED) is 0.666. The molecule has 1 aromatic heterocycles. The molecule has 1 aliphatic rings. The van der Waals surface area contributed by atoms with Gasteiger partial charge in [0.1, 0.15) is 17.5 Å². The molecule has 1 aliphatic heterocycles. The molecule has 1 atom stereocenters. The number of hydrogen-bond acceptors (Lipinski definition) is 6. The summed E-state index contributed by atoms with van der Waals surface area (Å²) >= 11 is 0. The second kappa shape index (κ2) is 7.63. The third-order valence-corrected chi connectivity index (χ3v) is 4.57. The molecule has 2 amide bonds. The zero-order valence-corrected chi connectivity index (χ0v) is 15.9. The fraction of sp³-hybridized carbons (Fsp3) is 0.200. The van der Waals surface area contributed by atoms with E-state index < -0.39 is 6.04 Å². The molecule has 0 fully saturated rings. The molecular weight excluding hydrogens is 374 g/mol. The van der Waals surface area contributed by atoms with Crippen LogP contribution in [-0.4, -0.2) is 40.8 Å². The minimum Gasteiger partial charge on any atom is -0.497 e. The molecule has 0 spiro atoms. The maximum absolute atomic E-state index is 12.5. The Morgan fingerprint density at radius 3 is 2.62 bits per heavy atom. The number of anilines is 2. The average molecular weight is 393 g/mol. The van der Waals surface area contributed by atoms with Crippen molar-refractivity contribution in [1.29, 1.82) is 0 Å². The summed E-state index contributed by atoms with van der Waals surface area (Å²) < 4.78 is 11.8. The predicted molar refractivity (Wildman–Crippen MR) is 106 cm³/mol. The summed E-state index contributed by atoms with van der Waals surface area (Å²) in [5, 5.41) is 9.86. The van der Waals surface area contributed by atoms with Gasteiger partial charge >= 0.3 is 0 Å². The lowest BCUT2D eigenvalue weighted by atomic mass is 10.2. The highest BCUT2D eigenvalue weighted by atomic mass is 16.5. The van der Waals surface area contributed by atoms with Crippen molar-refractivity contribution in [3.8, 4) is 22.9 Å². The highest BCUT2D eigenvalue weighted by Gasteiger charge is 2.35. The van der Waals surface area contributed by atoms with Crippen LogP contribution in [0.1, 0.15) is 12.5 Å². The van der Waals surface area contributed by atoms with Gasteiger partial charge in [0.25, 0.3) is 5.91 Å². The third-order valence-electron chi connectivity index (χ3n) is 4.57. The number of hydrogen-bond donors (Lipinski definition) is 2. The Labute approximate surface area is 166 Å². The Bertz CT molecular complexity index is 1060. The number of amides is 2. The van der Waals surface area contributed by atoms with Crippen molar-refractivity contribution >= 4 is 23.5 Å². The van der Waals surface area contributed by atoms with Gasteiger partial charge in [-0.15, -0.1) is 5.10 Å². The van der Waals surface area contributed by atoms with Crippen molar-refractivity contribution in [3.63, 3.8) is 0 Å². The normalized spacial score (nSPS) is 14.8. The number of fused-ring (bicyclic) bond motifs is 1. The van der Waals surface area contributed by atoms with E-state index in [4.69, 9.17) is 9.47 Å². The largest absolute Gasteiger partial charge is 0.497 e. The van der Waals surface area contributed by atoms with Crippen LogP contribution in [0.2, 0.25) is 0 Å². The zero-order chi connectivity index (χ0) is 20.4. The number of ether oxygens (including phenoxy) is 2. The molecule has 0 saturated carbocycles. The molecular formula is C20H19N5O4. The highest BCUT2D eigenvalue weighted by molar-refractivity contribution is 6.01. The molecule has 148 valence electrons. The first-order valence-corrected chi connectivity index (χ1v) is 8.93. The number of rotatable bonds is 6. The van der Waals surface area contributed by atoms with Crippen LogP contribution in [0.25, 0.3) is 11.4 Å². The average Bonchev–Trinajstić information content (AvgIpc) is 3.27. The van der Waals surface area contributed by atoms with Crippen molar-refractivity contribution in [2.45, 2.75) is 12.5 Å². The Hall–Kier alpha value is -3.88. The molecule has 0 aliphatic carbocycles. The molecule has 0 radical (unpaired) electrons. The SMILES string of the molecule is COc1ccc(-c2nc3n(n2)[C@@H](CC(=O)Nc2ccccc2OC)C(=O)N3)cc1. The van der Waals surface area contributed by atoms with Gasteiger partial charge in [0.15, 0.2) is 5.82 Å². The van der Waals surface area contributed by atoms with Crippen LogP contribution in [0.4, 0.5) is 11.6 Å². The van der Waals surface area contributed by atoms with Crippen molar-refractivity contribution in [1.82, 2.24) is 14.8 Å². The number of para-hydroxylation sites is 2. The second-order valence-electron chi connectivity index (χ2n) is 6.39. The lowest BCUT2D eigenvalue weighted by Crippen LogP contribution is -2.24. The van der Waals surface area contributed by atoms with Crippen LogP contribution in [0.15, 0.2) is 48.5 Å². The first kappa shape index (κ1) is 18.5. The molecule has 0 saturated heterocycles. The van der Waals surface area contributed by atoms with Gasteiger partial charge in [0.2, 0.25) is 11.9 Å². The minimum atomic E-state index is -0.779. The molecule has 0 unspecified atom stereocenters. The number of carbonyl (C=O) groups is 2. The number of aromatic nitrogens is 3. The minimum absolute atomic E-state index is 0.0811. The van der Waals surface area contributed by atoms with E-state index in [0.717, 1.165) is 11.3 Å². The van der Waals surface area contributed by atoms with Crippen LogP contribution in [0, 0.1) is 0 Å². The molecule has 2 heterocycles. The van der Waals surface area contributed by atoms with E-state index in [9.17, 15) is 9.59 Å².